The number of methoxy groups -OCH3 is 1. The van der Waals surface area contributed by atoms with Crippen LogP contribution in [0.3, 0.4) is 0 Å². The maximum absolute atomic E-state index is 10.7. The summed E-state index contributed by atoms with van der Waals surface area (Å²) in [6, 6.07) is 0. The summed E-state index contributed by atoms with van der Waals surface area (Å²) in [5, 5.41) is 27.7. The molecule has 0 spiro atoms. The number of carboxylic acid groups (broad SMARTS) is 1. The zero-order valence-electron chi connectivity index (χ0n) is 7.95. The highest BCUT2D eigenvalue weighted by molar-refractivity contribution is 5.73. The number of ether oxygens (including phenoxy) is 2. The third-order valence-corrected chi connectivity index (χ3v) is 2.40. The highest BCUT2D eigenvalue weighted by Gasteiger charge is 2.45. The van der Waals surface area contributed by atoms with E-state index in [1.165, 1.54) is 14.0 Å². The normalized spacial score (nSPS) is 43.6. The molecule has 0 aromatic heterocycles. The zero-order valence-corrected chi connectivity index (χ0v) is 7.95. The summed E-state index contributed by atoms with van der Waals surface area (Å²) in [7, 11) is 1.27. The van der Waals surface area contributed by atoms with Gasteiger partial charge < -0.3 is 24.8 Å². The van der Waals surface area contributed by atoms with Crippen molar-refractivity contribution in [1.82, 2.24) is 0 Å². The molecule has 6 nitrogen and oxygen atoms in total. The summed E-state index contributed by atoms with van der Waals surface area (Å²) in [5.74, 6) is -1.85. The molecule has 0 amide bonds. The molecule has 1 fully saturated rings. The second kappa shape index (κ2) is 4.22. The molecular weight excluding hydrogens is 192 g/mol. The van der Waals surface area contributed by atoms with Gasteiger partial charge in [-0.3, -0.25) is 0 Å². The van der Waals surface area contributed by atoms with Crippen molar-refractivity contribution in [2.24, 2.45) is 5.92 Å². The Morgan fingerprint density at radius 1 is 1.36 bits per heavy atom. The molecule has 1 heterocycles. The molecule has 82 valence electrons. The second-order valence-corrected chi connectivity index (χ2v) is 3.34. The fourth-order valence-corrected chi connectivity index (χ4v) is 1.48. The highest BCUT2D eigenvalue weighted by Crippen LogP contribution is 2.26. The fourth-order valence-electron chi connectivity index (χ4n) is 1.48. The van der Waals surface area contributed by atoms with Crippen molar-refractivity contribution in [3.05, 3.63) is 0 Å². The van der Waals surface area contributed by atoms with Crippen molar-refractivity contribution in [3.63, 3.8) is 0 Å². The van der Waals surface area contributed by atoms with Crippen LogP contribution in [0.5, 0.6) is 0 Å². The van der Waals surface area contributed by atoms with Crippen LogP contribution in [0.2, 0.25) is 0 Å². The minimum atomic E-state index is -1.22. The van der Waals surface area contributed by atoms with Gasteiger partial charge in [0.1, 0.15) is 6.10 Å². The molecule has 0 saturated carbocycles. The van der Waals surface area contributed by atoms with Crippen LogP contribution in [0, 0.1) is 5.92 Å². The summed E-state index contributed by atoms with van der Waals surface area (Å²) in [4.78, 5) is 10.7. The topological polar surface area (TPSA) is 96.2 Å². The largest absolute Gasteiger partial charge is 0.479 e. The Bertz CT molecular complexity index is 216. The van der Waals surface area contributed by atoms with Crippen LogP contribution < -0.4 is 0 Å². The van der Waals surface area contributed by atoms with E-state index in [0.717, 1.165) is 0 Å². The van der Waals surface area contributed by atoms with Crippen LogP contribution in [-0.4, -0.2) is 53.0 Å². The van der Waals surface area contributed by atoms with Gasteiger partial charge in [0, 0.05) is 13.0 Å². The van der Waals surface area contributed by atoms with Gasteiger partial charge in [-0.25, -0.2) is 4.79 Å². The van der Waals surface area contributed by atoms with Crippen molar-refractivity contribution in [2.75, 3.05) is 7.11 Å². The van der Waals surface area contributed by atoms with Crippen LogP contribution in [0.4, 0.5) is 0 Å². The Morgan fingerprint density at radius 3 is 2.36 bits per heavy atom. The van der Waals surface area contributed by atoms with Gasteiger partial charge in [0.2, 0.25) is 0 Å². The number of aliphatic carboxylic acids is 1. The van der Waals surface area contributed by atoms with Crippen LogP contribution >= 0.6 is 0 Å². The number of hydrogen-bond donors (Lipinski definition) is 3. The summed E-state index contributed by atoms with van der Waals surface area (Å²) in [5.41, 5.74) is 0. The van der Waals surface area contributed by atoms with E-state index in [2.05, 4.69) is 0 Å². The molecule has 1 saturated heterocycles. The Balaban J connectivity index is 2.78. The molecule has 0 bridgehead atoms. The molecule has 14 heavy (non-hydrogen) atoms. The van der Waals surface area contributed by atoms with Gasteiger partial charge in [-0.15, -0.1) is 0 Å². The SMILES string of the molecule is CO[C@@H]1O[C@H](C(=O)O)[C@@H](C)[C@H](O)[C@H]1O. The number of carbonyl (C=O) groups is 1. The van der Waals surface area contributed by atoms with Gasteiger partial charge in [-0.2, -0.15) is 0 Å². The van der Waals surface area contributed by atoms with Crippen LogP contribution in [0.15, 0.2) is 0 Å². The summed E-state index contributed by atoms with van der Waals surface area (Å²) < 4.78 is 9.67. The molecule has 0 unspecified atom stereocenters. The molecule has 1 aliphatic rings. The molecule has 0 aliphatic carbocycles. The van der Waals surface area contributed by atoms with E-state index in [-0.39, 0.29) is 0 Å². The van der Waals surface area contributed by atoms with Crippen molar-refractivity contribution in [3.8, 4) is 0 Å². The molecule has 0 radical (unpaired) electrons. The molecule has 3 N–H and O–H groups in total. The van der Waals surface area contributed by atoms with Crippen LogP contribution in [-0.2, 0) is 14.3 Å². The summed E-state index contributed by atoms with van der Waals surface area (Å²) in [6.07, 6.45) is -4.62. The average molecular weight is 206 g/mol. The molecule has 0 aromatic carbocycles. The molecular formula is C8H14O6. The second-order valence-electron chi connectivity index (χ2n) is 3.34. The number of hydrogen-bond acceptors (Lipinski definition) is 5. The van der Waals surface area contributed by atoms with E-state index in [1.54, 1.807) is 0 Å². The molecule has 1 aliphatic heterocycles. The first kappa shape index (κ1) is 11.4. The number of aliphatic hydroxyl groups excluding tert-OH is 2. The van der Waals surface area contributed by atoms with E-state index in [9.17, 15) is 15.0 Å². The minimum absolute atomic E-state index is 0.672. The summed E-state index contributed by atoms with van der Waals surface area (Å²) in [6.45, 7) is 1.50. The molecule has 0 aromatic rings. The molecule has 6 heteroatoms. The Morgan fingerprint density at radius 2 is 1.93 bits per heavy atom. The first-order chi connectivity index (χ1) is 6.49. The third kappa shape index (κ3) is 1.88. The van der Waals surface area contributed by atoms with Crippen molar-refractivity contribution >= 4 is 5.97 Å². The van der Waals surface area contributed by atoms with Gasteiger partial charge in [-0.1, -0.05) is 6.92 Å². The lowest BCUT2D eigenvalue weighted by molar-refractivity contribution is -0.274. The molecule has 1 rings (SSSR count). The standard InChI is InChI=1S/C8H14O6/c1-3-4(9)5(10)8(13-2)14-6(3)7(11)12/h3-6,8-10H,1-2H3,(H,11,12)/t3-,4-,5+,6-,8+/m0/s1. The van der Waals surface area contributed by atoms with Gasteiger partial charge >= 0.3 is 5.97 Å². The zero-order chi connectivity index (χ0) is 10.9. The van der Waals surface area contributed by atoms with E-state index in [0.29, 0.717) is 0 Å². The van der Waals surface area contributed by atoms with Crippen molar-refractivity contribution in [2.45, 2.75) is 31.5 Å². The van der Waals surface area contributed by atoms with Crippen molar-refractivity contribution < 1.29 is 29.6 Å². The average Bonchev–Trinajstić information content (AvgIpc) is 2.14. The quantitative estimate of drug-likeness (QED) is 0.525. The van der Waals surface area contributed by atoms with Crippen LogP contribution in [0.25, 0.3) is 0 Å². The lowest BCUT2D eigenvalue weighted by Crippen LogP contribution is -2.56. The maximum atomic E-state index is 10.7. The van der Waals surface area contributed by atoms with Crippen LogP contribution in [0.1, 0.15) is 6.92 Å². The number of carboxylic acids is 1. The first-order valence-corrected chi connectivity index (χ1v) is 4.26. The molecule has 5 atom stereocenters. The van der Waals surface area contributed by atoms with Gasteiger partial charge in [-0.05, 0) is 0 Å². The third-order valence-electron chi connectivity index (χ3n) is 2.40. The minimum Gasteiger partial charge on any atom is -0.479 e. The lowest BCUT2D eigenvalue weighted by Gasteiger charge is -2.38. The number of rotatable bonds is 2. The van der Waals surface area contributed by atoms with E-state index in [1.807, 2.05) is 0 Å². The van der Waals surface area contributed by atoms with E-state index in [4.69, 9.17) is 14.6 Å². The smallest absolute Gasteiger partial charge is 0.333 e. The Kier molecular flexibility index (Phi) is 3.43. The van der Waals surface area contributed by atoms with E-state index >= 15 is 0 Å². The van der Waals surface area contributed by atoms with E-state index < -0.39 is 36.5 Å². The highest BCUT2D eigenvalue weighted by atomic mass is 16.7. The van der Waals surface area contributed by atoms with Gasteiger partial charge in [0.15, 0.2) is 12.4 Å². The number of aliphatic hydroxyl groups is 2. The first-order valence-electron chi connectivity index (χ1n) is 4.26. The predicted octanol–water partition coefficient (Wildman–Crippen LogP) is -1.20. The summed E-state index contributed by atoms with van der Waals surface area (Å²) >= 11 is 0. The fraction of sp³-hybridized carbons (Fsp3) is 0.875. The Hall–Kier alpha value is -0.690. The van der Waals surface area contributed by atoms with Crippen molar-refractivity contribution in [1.29, 1.82) is 0 Å². The monoisotopic (exact) mass is 206 g/mol. The Labute approximate surface area is 81.1 Å². The lowest BCUT2D eigenvalue weighted by atomic mass is 9.91. The van der Waals surface area contributed by atoms with Gasteiger partial charge in [0.25, 0.3) is 0 Å². The van der Waals surface area contributed by atoms with Gasteiger partial charge in [0.05, 0.1) is 6.10 Å². The maximum Gasteiger partial charge on any atom is 0.333 e. The predicted molar refractivity (Wildman–Crippen MR) is 44.5 cm³/mol.